The molecule has 0 atom stereocenters. The van der Waals surface area contributed by atoms with E-state index >= 15 is 0 Å². The van der Waals surface area contributed by atoms with Crippen LogP contribution >= 0.6 is 0 Å². The van der Waals surface area contributed by atoms with E-state index in [1.165, 1.54) is 18.4 Å². The largest absolute Gasteiger partial charge is 0.281 e. The molecule has 0 aromatic rings. The van der Waals surface area contributed by atoms with Gasteiger partial charge in [0, 0.05) is 27.2 Å². The molecule has 0 aliphatic carbocycles. The van der Waals surface area contributed by atoms with Crippen LogP contribution in [0.5, 0.6) is 0 Å². The summed E-state index contributed by atoms with van der Waals surface area (Å²) in [7, 11) is -0.339. The lowest BCUT2D eigenvalue weighted by molar-refractivity contribution is 0.142. The van der Waals surface area contributed by atoms with Gasteiger partial charge in [0.15, 0.2) is 0 Å². The van der Waals surface area contributed by atoms with Crippen molar-refractivity contribution in [2.45, 2.75) is 6.92 Å². The molecule has 0 saturated carbocycles. The fourth-order valence-electron chi connectivity index (χ4n) is 1.20. The molecule has 0 radical (unpaired) electrons. The fraction of sp³-hybridized carbons (Fsp3) is 0.857. The maximum atomic E-state index is 11.5. The molecule has 0 spiro atoms. The van der Waals surface area contributed by atoms with Crippen molar-refractivity contribution >= 4 is 10.2 Å². The zero-order valence-corrected chi connectivity index (χ0v) is 8.80. The first-order chi connectivity index (χ1) is 5.82. The Labute approximate surface area is 78.7 Å². The Kier molecular flexibility index (Phi) is 2.36. The van der Waals surface area contributed by atoms with Gasteiger partial charge in [-0.1, -0.05) is 0 Å². The molecule has 1 saturated heterocycles. The van der Waals surface area contributed by atoms with E-state index in [4.69, 9.17) is 5.26 Å². The Morgan fingerprint density at radius 2 is 1.92 bits per heavy atom. The Bertz CT molecular complexity index is 335. The molecule has 0 N–H and O–H groups in total. The van der Waals surface area contributed by atoms with Crippen LogP contribution in [-0.4, -0.2) is 44.2 Å². The van der Waals surface area contributed by atoms with Crippen LogP contribution in [0.2, 0.25) is 0 Å². The number of hydrogen-bond donors (Lipinski definition) is 0. The van der Waals surface area contributed by atoms with Crippen molar-refractivity contribution in [3.63, 3.8) is 0 Å². The van der Waals surface area contributed by atoms with E-state index in [2.05, 4.69) is 6.07 Å². The van der Waals surface area contributed by atoms with Crippen LogP contribution in [0.25, 0.3) is 0 Å². The summed E-state index contributed by atoms with van der Waals surface area (Å²) in [4.78, 5) is 0. The van der Waals surface area contributed by atoms with Gasteiger partial charge >= 0.3 is 0 Å². The minimum absolute atomic E-state index is 0.296. The monoisotopic (exact) mass is 203 g/mol. The first-order valence-corrected chi connectivity index (χ1v) is 5.30. The van der Waals surface area contributed by atoms with Crippen molar-refractivity contribution < 1.29 is 8.42 Å². The third-order valence-electron chi connectivity index (χ3n) is 2.11. The SMILES string of the molecule is CN(C)S(=O)(=O)N1CC(C)(C#N)C1. The van der Waals surface area contributed by atoms with Gasteiger partial charge in [-0.15, -0.1) is 0 Å². The van der Waals surface area contributed by atoms with Gasteiger partial charge in [0.2, 0.25) is 0 Å². The van der Waals surface area contributed by atoms with E-state index in [1.54, 1.807) is 6.92 Å². The van der Waals surface area contributed by atoms with Crippen LogP contribution in [-0.2, 0) is 10.2 Å². The van der Waals surface area contributed by atoms with Crippen molar-refractivity contribution in [2.75, 3.05) is 27.2 Å². The Morgan fingerprint density at radius 3 is 2.23 bits per heavy atom. The first-order valence-electron chi connectivity index (χ1n) is 3.91. The van der Waals surface area contributed by atoms with Crippen molar-refractivity contribution in [2.24, 2.45) is 5.41 Å². The molecule has 0 aromatic heterocycles. The van der Waals surface area contributed by atoms with Crippen LogP contribution in [0.1, 0.15) is 6.92 Å². The average molecular weight is 203 g/mol. The summed E-state index contributed by atoms with van der Waals surface area (Å²) in [5.41, 5.74) is -0.497. The number of rotatable bonds is 2. The van der Waals surface area contributed by atoms with Crippen molar-refractivity contribution in [1.29, 1.82) is 5.26 Å². The van der Waals surface area contributed by atoms with Crippen molar-refractivity contribution in [3.8, 4) is 6.07 Å². The molecule has 0 bridgehead atoms. The van der Waals surface area contributed by atoms with Crippen molar-refractivity contribution in [1.82, 2.24) is 8.61 Å². The molecule has 1 heterocycles. The van der Waals surface area contributed by atoms with Crippen LogP contribution in [0, 0.1) is 16.7 Å². The van der Waals surface area contributed by atoms with Gasteiger partial charge in [-0.05, 0) is 6.92 Å². The fourth-order valence-corrected chi connectivity index (χ4v) is 2.55. The molecule has 13 heavy (non-hydrogen) atoms. The molecular weight excluding hydrogens is 190 g/mol. The zero-order chi connectivity index (χ0) is 10.3. The number of hydrogen-bond acceptors (Lipinski definition) is 3. The van der Waals surface area contributed by atoms with Gasteiger partial charge in [0.1, 0.15) is 0 Å². The maximum absolute atomic E-state index is 11.5. The average Bonchev–Trinajstić information content (AvgIpc) is 1.98. The first kappa shape index (κ1) is 10.4. The minimum Gasteiger partial charge on any atom is -0.198 e. The van der Waals surface area contributed by atoms with Gasteiger partial charge in [0.05, 0.1) is 11.5 Å². The normalized spacial score (nSPS) is 22.4. The second kappa shape index (κ2) is 2.94. The Balaban J connectivity index is 2.70. The lowest BCUT2D eigenvalue weighted by atomic mass is 9.86. The quantitative estimate of drug-likeness (QED) is 0.615. The second-order valence-corrected chi connectivity index (χ2v) is 5.87. The standard InChI is InChI=1S/C7H13N3O2S/c1-7(4-8)5-10(6-7)13(11,12)9(2)3/h5-6H2,1-3H3. The molecule has 0 amide bonds. The number of nitriles is 1. The second-order valence-electron chi connectivity index (χ2n) is 3.73. The Morgan fingerprint density at radius 1 is 1.46 bits per heavy atom. The smallest absolute Gasteiger partial charge is 0.198 e. The summed E-state index contributed by atoms with van der Waals surface area (Å²) < 4.78 is 25.4. The summed E-state index contributed by atoms with van der Waals surface area (Å²) >= 11 is 0. The molecule has 1 rings (SSSR count). The summed E-state index contributed by atoms with van der Waals surface area (Å²) in [5, 5.41) is 8.68. The topological polar surface area (TPSA) is 64.4 Å². The highest BCUT2D eigenvalue weighted by Gasteiger charge is 2.45. The molecule has 74 valence electrons. The lowest BCUT2D eigenvalue weighted by Crippen LogP contribution is -2.58. The number of nitrogens with zero attached hydrogens (tertiary/aromatic N) is 3. The van der Waals surface area contributed by atoms with Crippen LogP contribution in [0.15, 0.2) is 0 Å². The van der Waals surface area contributed by atoms with E-state index < -0.39 is 15.6 Å². The molecule has 1 aliphatic rings. The van der Waals surface area contributed by atoms with E-state index in [0.717, 1.165) is 4.31 Å². The highest BCUT2D eigenvalue weighted by molar-refractivity contribution is 7.86. The van der Waals surface area contributed by atoms with Gasteiger partial charge < -0.3 is 0 Å². The molecule has 0 unspecified atom stereocenters. The predicted octanol–water partition coefficient (Wildman–Crippen LogP) is -0.362. The minimum atomic E-state index is -3.31. The van der Waals surface area contributed by atoms with E-state index in [9.17, 15) is 8.42 Å². The van der Waals surface area contributed by atoms with Crippen LogP contribution in [0.4, 0.5) is 0 Å². The zero-order valence-electron chi connectivity index (χ0n) is 7.98. The van der Waals surface area contributed by atoms with E-state index in [0.29, 0.717) is 13.1 Å². The van der Waals surface area contributed by atoms with Gasteiger partial charge in [-0.25, -0.2) is 0 Å². The maximum Gasteiger partial charge on any atom is 0.281 e. The molecule has 0 aromatic carbocycles. The van der Waals surface area contributed by atoms with E-state index in [-0.39, 0.29) is 0 Å². The molecule has 1 fully saturated rings. The lowest BCUT2D eigenvalue weighted by Gasteiger charge is -2.42. The molecule has 6 heteroatoms. The van der Waals surface area contributed by atoms with Crippen LogP contribution in [0.3, 0.4) is 0 Å². The molecular formula is C7H13N3O2S. The highest BCUT2D eigenvalue weighted by atomic mass is 32.2. The third-order valence-corrected chi connectivity index (χ3v) is 3.94. The van der Waals surface area contributed by atoms with Gasteiger partial charge in [0.25, 0.3) is 10.2 Å². The Hall–Kier alpha value is -0.640. The summed E-state index contributed by atoms with van der Waals surface area (Å²) in [5.74, 6) is 0. The third kappa shape index (κ3) is 1.68. The molecule has 1 aliphatic heterocycles. The van der Waals surface area contributed by atoms with Crippen LogP contribution < -0.4 is 0 Å². The summed E-state index contributed by atoms with van der Waals surface area (Å²) in [6.45, 7) is 2.35. The summed E-state index contributed by atoms with van der Waals surface area (Å²) in [6, 6.07) is 2.09. The highest BCUT2D eigenvalue weighted by Crippen LogP contribution is 2.31. The van der Waals surface area contributed by atoms with Crippen molar-refractivity contribution in [3.05, 3.63) is 0 Å². The predicted molar refractivity (Wildman–Crippen MR) is 47.9 cm³/mol. The van der Waals surface area contributed by atoms with E-state index in [1.807, 2.05) is 0 Å². The molecule has 5 nitrogen and oxygen atoms in total. The summed E-state index contributed by atoms with van der Waals surface area (Å²) in [6.07, 6.45) is 0. The van der Waals surface area contributed by atoms with Gasteiger partial charge in [-0.3, -0.25) is 0 Å². The van der Waals surface area contributed by atoms with Gasteiger partial charge in [-0.2, -0.15) is 22.3 Å².